The molecule has 4 amide bonds. The smallest absolute Gasteiger partial charge is 0.320 e. The van der Waals surface area contributed by atoms with E-state index in [0.29, 0.717) is 72.0 Å². The van der Waals surface area contributed by atoms with E-state index in [4.69, 9.17) is 4.74 Å². The first-order chi connectivity index (χ1) is 12.6. The van der Waals surface area contributed by atoms with Crippen molar-refractivity contribution in [2.45, 2.75) is 12.8 Å². The molecule has 0 aromatic rings. The van der Waals surface area contributed by atoms with Gasteiger partial charge >= 0.3 is 6.03 Å². The monoisotopic (exact) mass is 362 g/mol. The van der Waals surface area contributed by atoms with Gasteiger partial charge in [0.05, 0.1) is 31.7 Å². The number of rotatable bonds is 2. The second-order valence-electron chi connectivity index (χ2n) is 7.39. The minimum Gasteiger partial charge on any atom is -0.378 e. The second-order valence-corrected chi connectivity index (χ2v) is 7.39. The number of carbonyl (C=O) groups is 3. The zero-order valence-electron chi connectivity index (χ0n) is 15.0. The fourth-order valence-corrected chi connectivity index (χ4v) is 4.24. The number of fused-ring (bicyclic) bond motifs is 1. The molecular formula is C18H26N4O4. The van der Waals surface area contributed by atoms with Gasteiger partial charge in [-0.1, -0.05) is 12.2 Å². The molecule has 0 bridgehead atoms. The average Bonchev–Trinajstić information content (AvgIpc) is 2.94. The molecule has 2 unspecified atom stereocenters. The van der Waals surface area contributed by atoms with Crippen molar-refractivity contribution in [3.8, 4) is 0 Å². The predicted molar refractivity (Wildman–Crippen MR) is 93.0 cm³/mol. The van der Waals surface area contributed by atoms with Crippen LogP contribution in [0.25, 0.3) is 0 Å². The first-order valence-corrected chi connectivity index (χ1v) is 9.49. The van der Waals surface area contributed by atoms with Crippen LogP contribution >= 0.6 is 0 Å². The third kappa shape index (κ3) is 3.23. The third-order valence-corrected chi connectivity index (χ3v) is 5.86. The molecule has 26 heavy (non-hydrogen) atoms. The van der Waals surface area contributed by atoms with Gasteiger partial charge in [0.1, 0.15) is 0 Å². The van der Waals surface area contributed by atoms with Crippen LogP contribution in [-0.4, -0.2) is 96.6 Å². The summed E-state index contributed by atoms with van der Waals surface area (Å²) in [6.45, 7) is 5.46. The summed E-state index contributed by atoms with van der Waals surface area (Å²) in [5.74, 6) is -0.402. The molecule has 3 fully saturated rings. The van der Waals surface area contributed by atoms with Crippen molar-refractivity contribution in [2.75, 3.05) is 59.2 Å². The molecule has 142 valence electrons. The first-order valence-electron chi connectivity index (χ1n) is 9.49. The standard InChI is InChI=1S/C18H26N4O4/c23-16-14-3-1-2-4-15(14)17(24)22(16)13-19-5-7-20(8-6-19)18(25)21-9-11-26-12-10-21/h1-2,14-15H,3-13H2. The van der Waals surface area contributed by atoms with Gasteiger partial charge in [-0.15, -0.1) is 0 Å². The van der Waals surface area contributed by atoms with Crippen molar-refractivity contribution in [3.63, 3.8) is 0 Å². The quantitative estimate of drug-likeness (QED) is 0.509. The number of nitrogens with zero attached hydrogens (tertiary/aromatic N) is 4. The molecule has 0 aromatic heterocycles. The molecule has 0 spiro atoms. The van der Waals surface area contributed by atoms with Crippen LogP contribution in [0.15, 0.2) is 12.2 Å². The summed E-state index contributed by atoms with van der Waals surface area (Å²) in [7, 11) is 0. The number of carbonyl (C=O) groups excluding carboxylic acids is 3. The molecule has 0 saturated carbocycles. The molecule has 4 rings (SSSR count). The van der Waals surface area contributed by atoms with Crippen LogP contribution in [0.1, 0.15) is 12.8 Å². The summed E-state index contributed by atoms with van der Waals surface area (Å²) in [5, 5.41) is 0. The zero-order chi connectivity index (χ0) is 18.1. The number of allylic oxidation sites excluding steroid dienone is 2. The Morgan fingerprint density at radius 2 is 1.42 bits per heavy atom. The van der Waals surface area contributed by atoms with E-state index in [1.165, 1.54) is 4.90 Å². The average molecular weight is 362 g/mol. The van der Waals surface area contributed by atoms with Gasteiger partial charge in [0.15, 0.2) is 0 Å². The molecule has 3 saturated heterocycles. The number of morpholine rings is 1. The van der Waals surface area contributed by atoms with Crippen molar-refractivity contribution < 1.29 is 19.1 Å². The number of amides is 4. The summed E-state index contributed by atoms with van der Waals surface area (Å²) in [5.41, 5.74) is 0. The van der Waals surface area contributed by atoms with Gasteiger partial charge in [0.25, 0.3) is 0 Å². The molecule has 3 aliphatic heterocycles. The lowest BCUT2D eigenvalue weighted by Crippen LogP contribution is -2.56. The van der Waals surface area contributed by atoms with Crippen molar-refractivity contribution in [3.05, 3.63) is 12.2 Å². The Morgan fingerprint density at radius 1 is 0.885 bits per heavy atom. The highest BCUT2D eigenvalue weighted by atomic mass is 16.5. The Bertz CT molecular complexity index is 582. The summed E-state index contributed by atoms with van der Waals surface area (Å²) < 4.78 is 5.29. The van der Waals surface area contributed by atoms with Gasteiger partial charge in [-0.2, -0.15) is 0 Å². The Kier molecular flexibility index (Phi) is 4.95. The van der Waals surface area contributed by atoms with Gasteiger partial charge in [-0.25, -0.2) is 4.79 Å². The SMILES string of the molecule is O=C(N1CCOCC1)N1CCN(CN2C(=O)C3CC=CCC3C2=O)CC1. The lowest BCUT2D eigenvalue weighted by molar-refractivity contribution is -0.142. The molecule has 3 heterocycles. The van der Waals surface area contributed by atoms with Gasteiger partial charge < -0.3 is 14.5 Å². The van der Waals surface area contributed by atoms with E-state index in [0.717, 1.165) is 0 Å². The van der Waals surface area contributed by atoms with E-state index in [-0.39, 0.29) is 29.7 Å². The molecule has 0 radical (unpaired) electrons. The van der Waals surface area contributed by atoms with Crippen LogP contribution in [0.4, 0.5) is 4.79 Å². The molecule has 0 N–H and O–H groups in total. The maximum Gasteiger partial charge on any atom is 0.320 e. The molecule has 8 nitrogen and oxygen atoms in total. The number of likely N-dealkylation sites (tertiary alicyclic amines) is 1. The van der Waals surface area contributed by atoms with Crippen LogP contribution in [0.3, 0.4) is 0 Å². The number of hydrogen-bond acceptors (Lipinski definition) is 5. The van der Waals surface area contributed by atoms with Crippen LogP contribution in [0.5, 0.6) is 0 Å². The van der Waals surface area contributed by atoms with E-state index in [9.17, 15) is 14.4 Å². The Labute approximate surface area is 153 Å². The van der Waals surface area contributed by atoms with Gasteiger partial charge in [-0.05, 0) is 12.8 Å². The number of imide groups is 1. The first kappa shape index (κ1) is 17.5. The molecule has 1 aliphatic carbocycles. The summed E-state index contributed by atoms with van der Waals surface area (Å²) in [4.78, 5) is 44.9. The van der Waals surface area contributed by atoms with Crippen molar-refractivity contribution in [2.24, 2.45) is 11.8 Å². The van der Waals surface area contributed by atoms with E-state index < -0.39 is 0 Å². The highest BCUT2D eigenvalue weighted by Crippen LogP contribution is 2.35. The number of ether oxygens (including phenoxy) is 1. The molecule has 0 aromatic carbocycles. The maximum absolute atomic E-state index is 12.6. The lowest BCUT2D eigenvalue weighted by atomic mass is 9.85. The third-order valence-electron chi connectivity index (χ3n) is 5.86. The number of piperazine rings is 1. The van der Waals surface area contributed by atoms with Crippen LogP contribution in [-0.2, 0) is 14.3 Å². The van der Waals surface area contributed by atoms with Gasteiger partial charge in [-0.3, -0.25) is 19.4 Å². The Hall–Kier alpha value is -1.93. The van der Waals surface area contributed by atoms with E-state index in [1.54, 1.807) is 0 Å². The van der Waals surface area contributed by atoms with E-state index in [2.05, 4.69) is 4.90 Å². The summed E-state index contributed by atoms with van der Waals surface area (Å²) in [6, 6.07) is 0.0679. The molecule has 4 aliphatic rings. The lowest BCUT2D eigenvalue weighted by Gasteiger charge is -2.39. The second kappa shape index (κ2) is 7.36. The molecule has 2 atom stereocenters. The van der Waals surface area contributed by atoms with Crippen LogP contribution < -0.4 is 0 Å². The molecule has 8 heteroatoms. The zero-order valence-corrected chi connectivity index (χ0v) is 15.0. The fraction of sp³-hybridized carbons (Fsp3) is 0.722. The summed E-state index contributed by atoms with van der Waals surface area (Å²) in [6.07, 6.45) is 5.36. The van der Waals surface area contributed by atoms with Crippen LogP contribution in [0.2, 0.25) is 0 Å². The van der Waals surface area contributed by atoms with Gasteiger partial charge in [0.2, 0.25) is 11.8 Å². The van der Waals surface area contributed by atoms with E-state index >= 15 is 0 Å². The van der Waals surface area contributed by atoms with Crippen molar-refractivity contribution in [1.29, 1.82) is 0 Å². The highest BCUT2D eigenvalue weighted by Gasteiger charge is 2.47. The molecular weight excluding hydrogens is 336 g/mol. The van der Waals surface area contributed by atoms with Crippen molar-refractivity contribution >= 4 is 17.8 Å². The van der Waals surface area contributed by atoms with Crippen molar-refractivity contribution in [1.82, 2.24) is 19.6 Å². The maximum atomic E-state index is 12.6. The highest BCUT2D eigenvalue weighted by molar-refractivity contribution is 6.05. The van der Waals surface area contributed by atoms with Crippen LogP contribution in [0, 0.1) is 11.8 Å². The predicted octanol–water partition coefficient (Wildman–Crippen LogP) is -0.0351. The largest absolute Gasteiger partial charge is 0.378 e. The summed E-state index contributed by atoms with van der Waals surface area (Å²) >= 11 is 0. The minimum atomic E-state index is -0.170. The normalized spacial score (nSPS) is 30.1. The minimum absolute atomic E-state index is 0.0313. The Balaban J connectivity index is 1.29. The Morgan fingerprint density at radius 3 is 2.00 bits per heavy atom. The fourth-order valence-electron chi connectivity index (χ4n) is 4.24. The van der Waals surface area contributed by atoms with E-state index in [1.807, 2.05) is 22.0 Å². The topological polar surface area (TPSA) is 73.4 Å². The number of hydrogen-bond donors (Lipinski definition) is 0. The van der Waals surface area contributed by atoms with Gasteiger partial charge in [0, 0.05) is 39.3 Å². The number of urea groups is 1.